The van der Waals surface area contributed by atoms with Gasteiger partial charge in [0.05, 0.1) is 13.2 Å². The van der Waals surface area contributed by atoms with Crippen molar-refractivity contribution in [3.05, 3.63) is 0 Å². The zero-order chi connectivity index (χ0) is 20.4. The Morgan fingerprint density at radius 1 is 1.25 bits per heavy atom. The van der Waals surface area contributed by atoms with Crippen LogP contribution in [0.4, 0.5) is 4.79 Å². The molecule has 0 bridgehead atoms. The van der Waals surface area contributed by atoms with Crippen LogP contribution in [0.25, 0.3) is 0 Å². The van der Waals surface area contributed by atoms with E-state index >= 15 is 0 Å². The lowest BCUT2D eigenvalue weighted by Gasteiger charge is -2.42. The predicted molar refractivity (Wildman–Crippen MR) is 111 cm³/mol. The Hall–Kier alpha value is -1.50. The Morgan fingerprint density at radius 3 is 2.36 bits per heavy atom. The molecule has 7 heteroatoms. The molecule has 0 atom stereocenters. The molecule has 2 saturated heterocycles. The lowest BCUT2D eigenvalue weighted by atomic mass is 9.89. The fraction of sp³-hybridized carbons (Fsp3) is 0.905. The summed E-state index contributed by atoms with van der Waals surface area (Å²) in [6.07, 6.45) is 4.22. The van der Waals surface area contributed by atoms with Crippen LogP contribution in [0.1, 0.15) is 53.4 Å². The van der Waals surface area contributed by atoms with Gasteiger partial charge in [-0.1, -0.05) is 6.92 Å². The van der Waals surface area contributed by atoms with Crippen LogP contribution in [-0.2, 0) is 9.47 Å². The summed E-state index contributed by atoms with van der Waals surface area (Å²) in [6, 6.07) is 0.252. The van der Waals surface area contributed by atoms with Crippen LogP contribution in [0.2, 0.25) is 0 Å². The molecule has 0 aromatic rings. The molecule has 2 heterocycles. The molecule has 1 amide bonds. The van der Waals surface area contributed by atoms with Gasteiger partial charge in [-0.2, -0.15) is 0 Å². The van der Waals surface area contributed by atoms with E-state index in [4.69, 9.17) is 9.47 Å². The average Bonchev–Trinajstić information content (AvgIpc) is 3.42. The number of guanidine groups is 1. The van der Waals surface area contributed by atoms with Gasteiger partial charge in [0.15, 0.2) is 5.96 Å². The van der Waals surface area contributed by atoms with Gasteiger partial charge in [0.1, 0.15) is 5.60 Å². The molecule has 2 aliphatic heterocycles. The van der Waals surface area contributed by atoms with E-state index in [1.54, 1.807) is 0 Å². The minimum Gasteiger partial charge on any atom is -0.444 e. The molecule has 0 aromatic heterocycles. The summed E-state index contributed by atoms with van der Waals surface area (Å²) >= 11 is 0. The second-order valence-corrected chi connectivity index (χ2v) is 10.00. The minimum atomic E-state index is -0.451. The van der Waals surface area contributed by atoms with Gasteiger partial charge in [-0.25, -0.2) is 4.79 Å². The third kappa shape index (κ3) is 5.75. The maximum Gasteiger partial charge on any atom is 0.410 e. The molecule has 0 spiro atoms. The van der Waals surface area contributed by atoms with Gasteiger partial charge in [-0.15, -0.1) is 0 Å². The van der Waals surface area contributed by atoms with Gasteiger partial charge < -0.3 is 24.6 Å². The highest BCUT2D eigenvalue weighted by Crippen LogP contribution is 2.32. The number of amides is 1. The van der Waals surface area contributed by atoms with Crippen LogP contribution < -0.4 is 5.32 Å². The molecule has 160 valence electrons. The van der Waals surface area contributed by atoms with E-state index in [2.05, 4.69) is 22.1 Å². The molecule has 28 heavy (non-hydrogen) atoms. The largest absolute Gasteiger partial charge is 0.444 e. The third-order valence-electron chi connectivity index (χ3n) is 5.77. The molecule has 3 fully saturated rings. The number of piperidine rings is 1. The van der Waals surface area contributed by atoms with Crippen molar-refractivity contribution in [1.29, 1.82) is 0 Å². The number of hydrogen-bond acceptors (Lipinski definition) is 4. The Balaban J connectivity index is 1.53. The number of nitrogens with zero attached hydrogens (tertiary/aromatic N) is 3. The van der Waals surface area contributed by atoms with Crippen LogP contribution in [0.5, 0.6) is 0 Å². The average molecular weight is 395 g/mol. The lowest BCUT2D eigenvalue weighted by Crippen LogP contribution is -2.55. The van der Waals surface area contributed by atoms with Crippen molar-refractivity contribution in [3.8, 4) is 0 Å². The smallest absolute Gasteiger partial charge is 0.410 e. The van der Waals surface area contributed by atoms with E-state index in [1.807, 2.05) is 32.7 Å². The summed E-state index contributed by atoms with van der Waals surface area (Å²) < 4.78 is 11.0. The maximum atomic E-state index is 12.8. The standard InChI is InChI=1S/C21H38N4O3/c1-20(2,3)28-19(26)25(12-16-6-7-16)17-8-10-24(11-9-17)18(22-5)23-13-21(4)14-27-15-21/h16-17H,6-15H2,1-5H3,(H,22,23). The molecule has 0 radical (unpaired) electrons. The zero-order valence-electron chi connectivity index (χ0n) is 18.3. The van der Waals surface area contributed by atoms with Crippen LogP contribution in [0, 0.1) is 11.3 Å². The van der Waals surface area contributed by atoms with Crippen molar-refractivity contribution in [2.24, 2.45) is 16.3 Å². The second kappa shape index (κ2) is 8.47. The highest BCUT2D eigenvalue weighted by Gasteiger charge is 2.37. The number of carbonyl (C=O) groups is 1. The van der Waals surface area contributed by atoms with Crippen molar-refractivity contribution in [2.75, 3.05) is 46.4 Å². The van der Waals surface area contributed by atoms with Gasteiger partial charge >= 0.3 is 6.09 Å². The van der Waals surface area contributed by atoms with E-state index in [0.717, 1.165) is 58.2 Å². The lowest BCUT2D eigenvalue weighted by molar-refractivity contribution is -0.0973. The molecule has 0 unspecified atom stereocenters. The molecule has 3 rings (SSSR count). The molecule has 7 nitrogen and oxygen atoms in total. The summed E-state index contributed by atoms with van der Waals surface area (Å²) in [7, 11) is 1.84. The fourth-order valence-electron chi connectivity index (χ4n) is 3.84. The van der Waals surface area contributed by atoms with Crippen molar-refractivity contribution >= 4 is 12.1 Å². The van der Waals surface area contributed by atoms with Gasteiger partial charge in [-0.05, 0) is 52.4 Å². The number of ether oxygens (including phenoxy) is 2. The van der Waals surface area contributed by atoms with Gasteiger partial charge in [0.2, 0.25) is 0 Å². The molecular weight excluding hydrogens is 356 g/mol. The second-order valence-electron chi connectivity index (χ2n) is 10.00. The van der Waals surface area contributed by atoms with Gasteiger partial charge in [-0.3, -0.25) is 4.99 Å². The summed E-state index contributed by atoms with van der Waals surface area (Å²) in [4.78, 5) is 21.6. The molecular formula is C21H38N4O3. The van der Waals surface area contributed by atoms with Crippen LogP contribution in [-0.4, -0.2) is 79.9 Å². The predicted octanol–water partition coefficient (Wildman–Crippen LogP) is 2.71. The van der Waals surface area contributed by atoms with Crippen molar-refractivity contribution in [3.63, 3.8) is 0 Å². The highest BCUT2D eigenvalue weighted by atomic mass is 16.6. The summed E-state index contributed by atoms with van der Waals surface area (Å²) in [5, 5.41) is 3.51. The summed E-state index contributed by atoms with van der Waals surface area (Å²) in [5.74, 6) is 1.61. The fourth-order valence-corrected chi connectivity index (χ4v) is 3.84. The summed E-state index contributed by atoms with van der Waals surface area (Å²) in [5.41, 5.74) is -0.237. The number of likely N-dealkylation sites (tertiary alicyclic amines) is 1. The Bertz CT molecular complexity index is 571. The van der Waals surface area contributed by atoms with E-state index in [1.165, 1.54) is 12.8 Å². The number of carbonyl (C=O) groups excluding carboxylic acids is 1. The minimum absolute atomic E-state index is 0.154. The van der Waals surface area contributed by atoms with E-state index in [9.17, 15) is 4.79 Å². The van der Waals surface area contributed by atoms with E-state index in [-0.39, 0.29) is 17.6 Å². The molecule has 3 aliphatic rings. The van der Waals surface area contributed by atoms with Crippen molar-refractivity contribution in [1.82, 2.24) is 15.1 Å². The number of nitrogens with one attached hydrogen (secondary N) is 1. The number of aliphatic imine (C=N–C) groups is 1. The van der Waals surface area contributed by atoms with Crippen LogP contribution in [0.15, 0.2) is 4.99 Å². The third-order valence-corrected chi connectivity index (χ3v) is 5.77. The van der Waals surface area contributed by atoms with E-state index < -0.39 is 5.60 Å². The Morgan fingerprint density at radius 2 is 1.89 bits per heavy atom. The first-order chi connectivity index (χ1) is 13.2. The number of hydrogen-bond donors (Lipinski definition) is 1. The zero-order valence-corrected chi connectivity index (χ0v) is 18.3. The first kappa shape index (κ1) is 21.2. The Labute approximate surface area is 169 Å². The normalized spacial score (nSPS) is 23.2. The van der Waals surface area contributed by atoms with Gasteiger partial charge in [0, 0.05) is 44.7 Å². The van der Waals surface area contributed by atoms with Crippen LogP contribution >= 0.6 is 0 Å². The molecule has 1 N–H and O–H groups in total. The first-order valence-corrected chi connectivity index (χ1v) is 10.7. The maximum absolute atomic E-state index is 12.8. The topological polar surface area (TPSA) is 66.4 Å². The molecule has 0 aromatic carbocycles. The SMILES string of the molecule is CN=C(NCC1(C)COC1)N1CCC(N(CC2CC2)C(=O)OC(C)(C)C)CC1. The quantitative estimate of drug-likeness (QED) is 0.574. The number of rotatable bonds is 5. The van der Waals surface area contributed by atoms with E-state index in [0.29, 0.717) is 5.92 Å². The van der Waals surface area contributed by atoms with Crippen LogP contribution in [0.3, 0.4) is 0 Å². The summed E-state index contributed by atoms with van der Waals surface area (Å²) in [6.45, 7) is 13.2. The highest BCUT2D eigenvalue weighted by molar-refractivity contribution is 5.80. The monoisotopic (exact) mass is 394 g/mol. The first-order valence-electron chi connectivity index (χ1n) is 10.7. The molecule has 1 saturated carbocycles. The Kier molecular flexibility index (Phi) is 6.42. The van der Waals surface area contributed by atoms with Crippen molar-refractivity contribution < 1.29 is 14.3 Å². The van der Waals surface area contributed by atoms with Crippen molar-refractivity contribution in [2.45, 2.75) is 65.0 Å². The van der Waals surface area contributed by atoms with Gasteiger partial charge in [0.25, 0.3) is 0 Å². The molecule has 1 aliphatic carbocycles.